The van der Waals surface area contributed by atoms with Crippen LogP contribution in [-0.2, 0) is 4.79 Å². The molecule has 3 rings (SSSR count). The number of nitrogens with zero attached hydrogens (tertiary/aromatic N) is 1. The largest absolute Gasteiger partial charge is 0.341 e. The molecule has 2 aromatic rings. The van der Waals surface area contributed by atoms with E-state index in [-0.39, 0.29) is 11.9 Å². The molecule has 1 aliphatic rings. The summed E-state index contributed by atoms with van der Waals surface area (Å²) in [5.41, 5.74) is 0.739. The van der Waals surface area contributed by atoms with Gasteiger partial charge in [0.05, 0.1) is 5.69 Å². The molecular weight excluding hydrogens is 302 g/mol. The summed E-state index contributed by atoms with van der Waals surface area (Å²) in [6.45, 7) is 3.31. The lowest BCUT2D eigenvalue weighted by atomic mass is 10.1. The summed E-state index contributed by atoms with van der Waals surface area (Å²) in [6.07, 6.45) is 3.26. The third-order valence-corrected chi connectivity index (χ3v) is 4.42. The maximum Gasteiger partial charge on any atom is 0.319 e. The molecule has 3 amide bonds. The first-order valence-electron chi connectivity index (χ1n) is 8.49. The topological polar surface area (TPSA) is 61.4 Å². The zero-order valence-corrected chi connectivity index (χ0v) is 13.9. The van der Waals surface area contributed by atoms with Gasteiger partial charge in [-0.2, -0.15) is 0 Å². The van der Waals surface area contributed by atoms with Crippen LogP contribution >= 0.6 is 0 Å². The van der Waals surface area contributed by atoms with Crippen LogP contribution in [0.4, 0.5) is 10.5 Å². The van der Waals surface area contributed by atoms with Crippen LogP contribution in [0.2, 0.25) is 0 Å². The molecule has 126 valence electrons. The Morgan fingerprint density at radius 1 is 1.00 bits per heavy atom. The molecule has 2 aromatic carbocycles. The molecule has 0 unspecified atom stereocenters. The molecule has 24 heavy (non-hydrogen) atoms. The minimum absolute atomic E-state index is 0.0113. The SMILES string of the molecule is C[C@@H](NC(=O)Nc1cccc2ccccc12)C(=O)N1CCCCC1. The Hall–Kier alpha value is -2.56. The molecule has 0 radical (unpaired) electrons. The molecule has 0 spiro atoms. The van der Waals surface area contributed by atoms with Crippen LogP contribution in [-0.4, -0.2) is 36.0 Å². The second kappa shape index (κ2) is 7.34. The fourth-order valence-corrected chi connectivity index (χ4v) is 3.14. The predicted molar refractivity (Wildman–Crippen MR) is 96.0 cm³/mol. The molecule has 0 bridgehead atoms. The third-order valence-electron chi connectivity index (χ3n) is 4.42. The van der Waals surface area contributed by atoms with E-state index >= 15 is 0 Å². The number of carbonyl (C=O) groups is 2. The number of benzene rings is 2. The highest BCUT2D eigenvalue weighted by molar-refractivity contribution is 6.02. The van der Waals surface area contributed by atoms with Gasteiger partial charge in [-0.15, -0.1) is 0 Å². The lowest BCUT2D eigenvalue weighted by Crippen LogP contribution is -2.49. The number of nitrogens with one attached hydrogen (secondary N) is 2. The van der Waals surface area contributed by atoms with Crippen molar-refractivity contribution in [2.45, 2.75) is 32.2 Å². The molecule has 5 nitrogen and oxygen atoms in total. The van der Waals surface area contributed by atoms with Crippen molar-refractivity contribution in [3.63, 3.8) is 0 Å². The quantitative estimate of drug-likeness (QED) is 0.909. The smallest absolute Gasteiger partial charge is 0.319 e. The molecular formula is C19H23N3O2. The van der Waals surface area contributed by atoms with Crippen molar-refractivity contribution in [3.8, 4) is 0 Å². The van der Waals surface area contributed by atoms with Gasteiger partial charge in [0.15, 0.2) is 0 Å². The van der Waals surface area contributed by atoms with Crippen molar-refractivity contribution in [2.24, 2.45) is 0 Å². The molecule has 1 saturated heterocycles. The normalized spacial score (nSPS) is 15.8. The highest BCUT2D eigenvalue weighted by atomic mass is 16.2. The number of hydrogen-bond acceptors (Lipinski definition) is 2. The summed E-state index contributed by atoms with van der Waals surface area (Å²) in [6, 6.07) is 12.7. The predicted octanol–water partition coefficient (Wildman–Crippen LogP) is 3.36. The fourth-order valence-electron chi connectivity index (χ4n) is 3.14. The molecule has 1 heterocycles. The zero-order chi connectivity index (χ0) is 16.9. The van der Waals surface area contributed by atoms with Crippen LogP contribution in [0.3, 0.4) is 0 Å². The zero-order valence-electron chi connectivity index (χ0n) is 13.9. The van der Waals surface area contributed by atoms with Crippen molar-refractivity contribution in [3.05, 3.63) is 42.5 Å². The number of likely N-dealkylation sites (tertiary alicyclic amines) is 1. The van der Waals surface area contributed by atoms with Gasteiger partial charge in [0, 0.05) is 18.5 Å². The molecule has 2 N–H and O–H groups in total. The molecule has 0 aliphatic carbocycles. The Bertz CT molecular complexity index is 733. The monoisotopic (exact) mass is 325 g/mol. The highest BCUT2D eigenvalue weighted by Gasteiger charge is 2.23. The van der Waals surface area contributed by atoms with Crippen LogP contribution in [0.1, 0.15) is 26.2 Å². The van der Waals surface area contributed by atoms with Crippen LogP contribution in [0, 0.1) is 0 Å². The Balaban J connectivity index is 1.63. The number of hydrogen-bond donors (Lipinski definition) is 2. The average Bonchev–Trinajstić information content (AvgIpc) is 2.62. The molecule has 1 fully saturated rings. The van der Waals surface area contributed by atoms with E-state index in [1.165, 1.54) is 6.42 Å². The van der Waals surface area contributed by atoms with Gasteiger partial charge in [-0.25, -0.2) is 4.79 Å². The number of rotatable bonds is 3. The number of piperidine rings is 1. The summed E-state index contributed by atoms with van der Waals surface area (Å²) < 4.78 is 0. The van der Waals surface area contributed by atoms with Gasteiger partial charge < -0.3 is 15.5 Å². The summed E-state index contributed by atoms with van der Waals surface area (Å²) in [5.74, 6) is -0.0113. The van der Waals surface area contributed by atoms with E-state index in [1.807, 2.05) is 47.4 Å². The first-order chi connectivity index (χ1) is 11.6. The van der Waals surface area contributed by atoms with E-state index in [0.717, 1.165) is 42.4 Å². The summed E-state index contributed by atoms with van der Waals surface area (Å²) in [7, 11) is 0. The van der Waals surface area contributed by atoms with E-state index in [2.05, 4.69) is 10.6 Å². The van der Waals surface area contributed by atoms with E-state index in [9.17, 15) is 9.59 Å². The molecule has 5 heteroatoms. The van der Waals surface area contributed by atoms with Gasteiger partial charge in [0.25, 0.3) is 0 Å². The van der Waals surface area contributed by atoms with Gasteiger partial charge in [0.1, 0.15) is 6.04 Å². The van der Waals surface area contributed by atoms with Crippen LogP contribution in [0.5, 0.6) is 0 Å². The van der Waals surface area contributed by atoms with Crippen molar-refractivity contribution in [2.75, 3.05) is 18.4 Å². The lowest BCUT2D eigenvalue weighted by Gasteiger charge is -2.29. The minimum Gasteiger partial charge on any atom is -0.341 e. The maximum atomic E-state index is 12.4. The standard InChI is InChI=1S/C19H23N3O2/c1-14(18(23)22-12-5-2-6-13-22)20-19(24)21-17-11-7-9-15-8-3-4-10-16(15)17/h3-4,7-11,14H,2,5-6,12-13H2,1H3,(H2,20,21,24)/t14-/m1/s1. The first-order valence-corrected chi connectivity index (χ1v) is 8.49. The maximum absolute atomic E-state index is 12.4. The second-order valence-corrected chi connectivity index (χ2v) is 6.23. The van der Waals surface area contributed by atoms with E-state index in [1.54, 1.807) is 6.92 Å². The number of fused-ring (bicyclic) bond motifs is 1. The Kier molecular flexibility index (Phi) is 4.99. The van der Waals surface area contributed by atoms with Crippen molar-refractivity contribution >= 4 is 28.4 Å². The Morgan fingerprint density at radius 2 is 1.71 bits per heavy atom. The van der Waals surface area contributed by atoms with Crippen LogP contribution < -0.4 is 10.6 Å². The van der Waals surface area contributed by atoms with E-state index in [0.29, 0.717) is 0 Å². The summed E-state index contributed by atoms with van der Waals surface area (Å²) in [4.78, 5) is 26.5. The van der Waals surface area contributed by atoms with Crippen molar-refractivity contribution in [1.29, 1.82) is 0 Å². The third kappa shape index (κ3) is 3.67. The molecule has 1 atom stereocenters. The van der Waals surface area contributed by atoms with Gasteiger partial charge >= 0.3 is 6.03 Å². The highest BCUT2D eigenvalue weighted by Crippen LogP contribution is 2.22. The number of amides is 3. The summed E-state index contributed by atoms with van der Waals surface area (Å²) >= 11 is 0. The first kappa shape index (κ1) is 16.3. The van der Waals surface area contributed by atoms with E-state index < -0.39 is 6.04 Å². The van der Waals surface area contributed by atoms with Crippen LogP contribution in [0.25, 0.3) is 10.8 Å². The Morgan fingerprint density at radius 3 is 2.50 bits per heavy atom. The molecule has 0 saturated carbocycles. The fraction of sp³-hybridized carbons (Fsp3) is 0.368. The van der Waals surface area contributed by atoms with Crippen molar-refractivity contribution in [1.82, 2.24) is 10.2 Å². The molecule has 1 aliphatic heterocycles. The number of carbonyl (C=O) groups excluding carboxylic acids is 2. The van der Waals surface area contributed by atoms with Gasteiger partial charge in [-0.05, 0) is 37.6 Å². The minimum atomic E-state index is -0.530. The molecule has 0 aromatic heterocycles. The van der Waals surface area contributed by atoms with Crippen molar-refractivity contribution < 1.29 is 9.59 Å². The van der Waals surface area contributed by atoms with Gasteiger partial charge in [-0.1, -0.05) is 36.4 Å². The van der Waals surface area contributed by atoms with Crippen LogP contribution in [0.15, 0.2) is 42.5 Å². The lowest BCUT2D eigenvalue weighted by molar-refractivity contribution is -0.133. The second-order valence-electron chi connectivity index (χ2n) is 6.23. The Labute approximate surface area is 142 Å². The number of urea groups is 1. The summed E-state index contributed by atoms with van der Waals surface area (Å²) in [5, 5.41) is 7.64. The van der Waals surface area contributed by atoms with Gasteiger partial charge in [0.2, 0.25) is 5.91 Å². The average molecular weight is 325 g/mol. The van der Waals surface area contributed by atoms with Gasteiger partial charge in [-0.3, -0.25) is 4.79 Å². The van der Waals surface area contributed by atoms with E-state index in [4.69, 9.17) is 0 Å². The number of anilines is 1.